The molecule has 0 atom stereocenters. The van der Waals surface area contributed by atoms with E-state index in [1.165, 1.54) is 6.07 Å². The van der Waals surface area contributed by atoms with Gasteiger partial charge in [-0.2, -0.15) is 0 Å². The SMILES string of the molecule is Cc1c(F)cccc1NCc1ccccc1CC(=O)O. The van der Waals surface area contributed by atoms with Crippen LogP contribution in [-0.4, -0.2) is 11.1 Å². The number of rotatable bonds is 5. The van der Waals surface area contributed by atoms with Crippen molar-refractivity contribution in [1.29, 1.82) is 0 Å². The highest BCUT2D eigenvalue weighted by atomic mass is 19.1. The highest BCUT2D eigenvalue weighted by molar-refractivity contribution is 5.70. The van der Waals surface area contributed by atoms with Gasteiger partial charge in [-0.25, -0.2) is 4.39 Å². The topological polar surface area (TPSA) is 49.3 Å². The van der Waals surface area contributed by atoms with Crippen molar-refractivity contribution in [3.8, 4) is 0 Å². The number of benzene rings is 2. The Morgan fingerprint density at radius 1 is 1.15 bits per heavy atom. The Morgan fingerprint density at radius 3 is 2.55 bits per heavy atom. The molecule has 0 aliphatic heterocycles. The van der Waals surface area contributed by atoms with Crippen molar-refractivity contribution in [2.45, 2.75) is 19.9 Å². The van der Waals surface area contributed by atoms with E-state index in [0.29, 0.717) is 12.1 Å². The van der Waals surface area contributed by atoms with Crippen molar-refractivity contribution in [2.24, 2.45) is 0 Å². The number of nitrogens with one attached hydrogen (secondary N) is 1. The summed E-state index contributed by atoms with van der Waals surface area (Å²) in [4.78, 5) is 10.8. The number of hydrogen-bond acceptors (Lipinski definition) is 2. The van der Waals surface area contributed by atoms with Crippen LogP contribution in [0.5, 0.6) is 0 Å². The van der Waals surface area contributed by atoms with Crippen molar-refractivity contribution in [3.05, 3.63) is 65.0 Å². The second kappa shape index (κ2) is 6.19. The van der Waals surface area contributed by atoms with Crippen LogP contribution in [0.4, 0.5) is 10.1 Å². The van der Waals surface area contributed by atoms with Gasteiger partial charge in [-0.1, -0.05) is 30.3 Å². The summed E-state index contributed by atoms with van der Waals surface area (Å²) >= 11 is 0. The molecule has 20 heavy (non-hydrogen) atoms. The smallest absolute Gasteiger partial charge is 0.307 e. The van der Waals surface area contributed by atoms with Crippen LogP contribution >= 0.6 is 0 Å². The maximum Gasteiger partial charge on any atom is 0.307 e. The molecule has 0 fully saturated rings. The largest absolute Gasteiger partial charge is 0.481 e. The lowest BCUT2D eigenvalue weighted by atomic mass is 10.0. The first-order chi connectivity index (χ1) is 9.58. The Kier molecular flexibility index (Phi) is 4.35. The second-order valence-corrected chi connectivity index (χ2v) is 4.61. The first kappa shape index (κ1) is 14.1. The van der Waals surface area contributed by atoms with E-state index in [1.54, 1.807) is 25.1 Å². The quantitative estimate of drug-likeness (QED) is 0.878. The van der Waals surface area contributed by atoms with Gasteiger partial charge in [0.05, 0.1) is 6.42 Å². The third-order valence-corrected chi connectivity index (χ3v) is 3.20. The number of aliphatic carboxylic acids is 1. The summed E-state index contributed by atoms with van der Waals surface area (Å²) < 4.78 is 13.4. The van der Waals surface area contributed by atoms with Crippen molar-refractivity contribution in [2.75, 3.05) is 5.32 Å². The Morgan fingerprint density at radius 2 is 1.85 bits per heavy atom. The predicted octanol–water partition coefficient (Wildman–Crippen LogP) is 3.37. The third-order valence-electron chi connectivity index (χ3n) is 3.20. The van der Waals surface area contributed by atoms with Crippen molar-refractivity contribution in [1.82, 2.24) is 0 Å². The maximum absolute atomic E-state index is 13.4. The molecule has 0 unspecified atom stereocenters. The lowest BCUT2D eigenvalue weighted by Crippen LogP contribution is -2.08. The number of hydrogen-bond donors (Lipinski definition) is 2. The van der Waals surface area contributed by atoms with E-state index in [2.05, 4.69) is 5.32 Å². The first-order valence-electron chi connectivity index (χ1n) is 6.35. The molecule has 104 valence electrons. The molecule has 4 heteroatoms. The minimum Gasteiger partial charge on any atom is -0.481 e. The van der Waals surface area contributed by atoms with E-state index < -0.39 is 5.97 Å². The molecule has 0 saturated heterocycles. The molecule has 2 aromatic carbocycles. The minimum absolute atomic E-state index is 0.0139. The fraction of sp³-hybridized carbons (Fsp3) is 0.188. The molecule has 2 N–H and O–H groups in total. The van der Waals surface area contributed by atoms with Gasteiger partial charge in [0.1, 0.15) is 5.82 Å². The van der Waals surface area contributed by atoms with Crippen LogP contribution in [-0.2, 0) is 17.8 Å². The van der Waals surface area contributed by atoms with Gasteiger partial charge in [0, 0.05) is 17.8 Å². The number of carboxylic acids is 1. The summed E-state index contributed by atoms with van der Waals surface area (Å²) in [5.74, 6) is -1.12. The minimum atomic E-state index is -0.862. The van der Waals surface area contributed by atoms with Gasteiger partial charge in [-0.15, -0.1) is 0 Å². The van der Waals surface area contributed by atoms with E-state index >= 15 is 0 Å². The summed E-state index contributed by atoms with van der Waals surface area (Å²) in [6.45, 7) is 2.18. The summed E-state index contributed by atoms with van der Waals surface area (Å²) in [7, 11) is 0. The molecule has 2 rings (SSSR count). The molecule has 2 aromatic rings. The Labute approximate surface area is 117 Å². The van der Waals surface area contributed by atoms with Gasteiger partial charge in [0.25, 0.3) is 0 Å². The standard InChI is InChI=1S/C16H16FNO2/c1-11-14(17)7-4-8-15(11)18-10-13-6-3-2-5-12(13)9-16(19)20/h2-8,18H,9-10H2,1H3,(H,19,20). The van der Waals surface area contributed by atoms with Crippen LogP contribution in [0.15, 0.2) is 42.5 Å². The third kappa shape index (κ3) is 3.35. The molecule has 0 spiro atoms. The maximum atomic E-state index is 13.4. The van der Waals surface area contributed by atoms with Gasteiger partial charge in [0.15, 0.2) is 0 Å². The summed E-state index contributed by atoms with van der Waals surface area (Å²) in [5, 5.41) is 12.0. The van der Waals surface area contributed by atoms with E-state index in [-0.39, 0.29) is 12.2 Å². The monoisotopic (exact) mass is 273 g/mol. The molecule has 0 bridgehead atoms. The summed E-state index contributed by atoms with van der Waals surface area (Å²) in [6.07, 6.45) is -0.0139. The van der Waals surface area contributed by atoms with E-state index in [9.17, 15) is 9.18 Å². The van der Waals surface area contributed by atoms with Gasteiger partial charge in [0.2, 0.25) is 0 Å². The van der Waals surface area contributed by atoms with Crippen molar-refractivity contribution in [3.63, 3.8) is 0 Å². The molecular formula is C16H16FNO2. The fourth-order valence-electron chi connectivity index (χ4n) is 2.05. The van der Waals surface area contributed by atoms with Gasteiger partial charge >= 0.3 is 5.97 Å². The number of carbonyl (C=O) groups is 1. The molecule has 0 radical (unpaired) electrons. The van der Waals surface area contributed by atoms with Gasteiger partial charge in [-0.05, 0) is 30.2 Å². The van der Waals surface area contributed by atoms with Crippen LogP contribution in [0.1, 0.15) is 16.7 Å². The molecule has 0 aliphatic rings. The number of halogens is 1. The van der Waals surface area contributed by atoms with E-state index in [1.807, 2.05) is 18.2 Å². The summed E-state index contributed by atoms with van der Waals surface area (Å²) in [5.41, 5.74) is 2.94. The molecule has 0 saturated carbocycles. The highest BCUT2D eigenvalue weighted by Crippen LogP contribution is 2.19. The average molecular weight is 273 g/mol. The fourth-order valence-corrected chi connectivity index (χ4v) is 2.05. The van der Waals surface area contributed by atoms with Gasteiger partial charge < -0.3 is 10.4 Å². The second-order valence-electron chi connectivity index (χ2n) is 4.61. The molecular weight excluding hydrogens is 257 g/mol. The molecule has 0 aromatic heterocycles. The first-order valence-corrected chi connectivity index (χ1v) is 6.35. The average Bonchev–Trinajstić information content (AvgIpc) is 2.41. The lowest BCUT2D eigenvalue weighted by Gasteiger charge is -2.12. The predicted molar refractivity (Wildman–Crippen MR) is 76.2 cm³/mol. The van der Waals surface area contributed by atoms with E-state index in [0.717, 1.165) is 16.8 Å². The zero-order valence-electron chi connectivity index (χ0n) is 11.2. The Bertz CT molecular complexity index is 626. The van der Waals surface area contributed by atoms with Crippen molar-refractivity contribution >= 4 is 11.7 Å². The normalized spacial score (nSPS) is 10.3. The van der Waals surface area contributed by atoms with Crippen LogP contribution in [0, 0.1) is 12.7 Å². The number of anilines is 1. The Balaban J connectivity index is 2.15. The molecule has 3 nitrogen and oxygen atoms in total. The molecule has 0 amide bonds. The van der Waals surface area contributed by atoms with Crippen LogP contribution in [0.3, 0.4) is 0 Å². The van der Waals surface area contributed by atoms with Crippen LogP contribution < -0.4 is 5.32 Å². The van der Waals surface area contributed by atoms with Crippen molar-refractivity contribution < 1.29 is 14.3 Å². The summed E-state index contributed by atoms with van der Waals surface area (Å²) in [6, 6.07) is 12.2. The van der Waals surface area contributed by atoms with Gasteiger partial charge in [-0.3, -0.25) is 4.79 Å². The molecule has 0 heterocycles. The lowest BCUT2D eigenvalue weighted by molar-refractivity contribution is -0.136. The molecule has 0 aliphatic carbocycles. The Hall–Kier alpha value is -2.36. The van der Waals surface area contributed by atoms with E-state index in [4.69, 9.17) is 5.11 Å². The zero-order chi connectivity index (χ0) is 14.5. The highest BCUT2D eigenvalue weighted by Gasteiger charge is 2.07. The van der Waals surface area contributed by atoms with Crippen LogP contribution in [0.25, 0.3) is 0 Å². The van der Waals surface area contributed by atoms with Crippen LogP contribution in [0.2, 0.25) is 0 Å². The number of carboxylic acid groups (broad SMARTS) is 1. The zero-order valence-corrected chi connectivity index (χ0v) is 11.2.